The number of likely N-dealkylation sites (tertiary alicyclic amines) is 1. The van der Waals surface area contributed by atoms with E-state index >= 15 is 0 Å². The molecule has 0 bridgehead atoms. The Hall–Kier alpha value is -3.09. The van der Waals surface area contributed by atoms with Crippen molar-refractivity contribution in [2.24, 2.45) is 5.92 Å². The van der Waals surface area contributed by atoms with Gasteiger partial charge >= 0.3 is 0 Å². The fourth-order valence-electron chi connectivity index (χ4n) is 3.78. The van der Waals surface area contributed by atoms with Crippen molar-refractivity contribution in [3.63, 3.8) is 0 Å². The van der Waals surface area contributed by atoms with Gasteiger partial charge in [-0.05, 0) is 60.7 Å². The summed E-state index contributed by atoms with van der Waals surface area (Å²) in [7, 11) is 0. The maximum absolute atomic E-state index is 13.1. The van der Waals surface area contributed by atoms with Gasteiger partial charge in [-0.15, -0.1) is 0 Å². The molecule has 2 aromatic carbocycles. The van der Waals surface area contributed by atoms with Crippen molar-refractivity contribution in [3.05, 3.63) is 59.4 Å². The van der Waals surface area contributed by atoms with Crippen molar-refractivity contribution in [1.29, 1.82) is 0 Å². The van der Waals surface area contributed by atoms with Crippen molar-refractivity contribution in [2.45, 2.75) is 25.8 Å². The number of hydrogen-bond donors (Lipinski definition) is 1. The lowest BCUT2D eigenvalue weighted by atomic mass is 9.94. The number of ether oxygens (including phenoxy) is 2. The molecule has 4 rings (SSSR count). The van der Waals surface area contributed by atoms with Crippen LogP contribution in [0.1, 0.15) is 35.2 Å². The van der Waals surface area contributed by atoms with Crippen LogP contribution in [0.3, 0.4) is 0 Å². The van der Waals surface area contributed by atoms with Crippen molar-refractivity contribution >= 4 is 11.8 Å². The Kier molecular flexibility index (Phi) is 5.64. The van der Waals surface area contributed by atoms with Crippen LogP contribution < -0.4 is 14.8 Å². The molecule has 152 valence electrons. The summed E-state index contributed by atoms with van der Waals surface area (Å²) in [6.07, 6.45) is 2.13. The monoisotopic (exact) mass is 398 g/mol. The molecule has 1 atom stereocenters. The van der Waals surface area contributed by atoms with Crippen LogP contribution in [-0.2, 0) is 11.3 Å². The molecule has 0 radical (unpaired) electrons. The molecule has 0 spiro atoms. The number of amides is 2. The lowest BCUT2D eigenvalue weighted by Crippen LogP contribution is -2.41. The van der Waals surface area contributed by atoms with Gasteiger partial charge in [-0.1, -0.05) is 6.07 Å². The van der Waals surface area contributed by atoms with Gasteiger partial charge in [-0.25, -0.2) is 4.39 Å². The number of carbonyl (C=O) groups is 2. The predicted octanol–water partition coefficient (Wildman–Crippen LogP) is 3.11. The van der Waals surface area contributed by atoms with Crippen LogP contribution >= 0.6 is 0 Å². The summed E-state index contributed by atoms with van der Waals surface area (Å²) in [5.74, 6) is 1.01. The number of rotatable bonds is 5. The first-order chi connectivity index (χ1) is 14.1. The van der Waals surface area contributed by atoms with Gasteiger partial charge < -0.3 is 19.7 Å². The molecule has 1 fully saturated rings. The number of carbonyl (C=O) groups excluding carboxylic acids is 2. The van der Waals surface area contributed by atoms with Gasteiger partial charge in [0.2, 0.25) is 12.7 Å². The summed E-state index contributed by atoms with van der Waals surface area (Å²) in [5, 5.41) is 2.94. The standard InChI is InChI=1S/C22H23FN2O4/c23-18-6-4-17(5-7-18)22(27)25-9-1-2-16(13-25)11-21(26)24-12-15-3-8-19-20(10-15)29-14-28-19/h3-8,10,16H,1-2,9,11-14H2,(H,24,26). The molecule has 1 unspecified atom stereocenters. The van der Waals surface area contributed by atoms with E-state index in [4.69, 9.17) is 9.47 Å². The minimum atomic E-state index is -0.364. The van der Waals surface area contributed by atoms with Crippen molar-refractivity contribution in [2.75, 3.05) is 19.9 Å². The van der Waals surface area contributed by atoms with Gasteiger partial charge in [-0.2, -0.15) is 0 Å². The first-order valence-corrected chi connectivity index (χ1v) is 9.78. The summed E-state index contributed by atoms with van der Waals surface area (Å²) in [4.78, 5) is 26.8. The first-order valence-electron chi connectivity index (χ1n) is 9.78. The summed E-state index contributed by atoms with van der Waals surface area (Å²) in [5.41, 5.74) is 1.42. The lowest BCUT2D eigenvalue weighted by Gasteiger charge is -2.32. The fourth-order valence-corrected chi connectivity index (χ4v) is 3.78. The Balaban J connectivity index is 1.28. The van der Waals surface area contributed by atoms with E-state index in [2.05, 4.69) is 5.32 Å². The van der Waals surface area contributed by atoms with Crippen LogP contribution in [0.2, 0.25) is 0 Å². The molecular weight excluding hydrogens is 375 g/mol. The zero-order valence-corrected chi connectivity index (χ0v) is 16.0. The Morgan fingerprint density at radius 1 is 1.10 bits per heavy atom. The van der Waals surface area contributed by atoms with Crippen LogP contribution in [0, 0.1) is 11.7 Å². The number of nitrogens with one attached hydrogen (secondary N) is 1. The molecule has 1 N–H and O–H groups in total. The smallest absolute Gasteiger partial charge is 0.253 e. The fraction of sp³-hybridized carbons (Fsp3) is 0.364. The summed E-state index contributed by atoms with van der Waals surface area (Å²) in [6, 6.07) is 11.2. The first kappa shape index (κ1) is 19.2. The number of hydrogen-bond acceptors (Lipinski definition) is 4. The topological polar surface area (TPSA) is 67.9 Å². The Labute approximate surface area is 168 Å². The van der Waals surface area contributed by atoms with E-state index in [0.29, 0.717) is 43.1 Å². The molecule has 0 aliphatic carbocycles. The zero-order chi connectivity index (χ0) is 20.2. The number of halogens is 1. The summed E-state index contributed by atoms with van der Waals surface area (Å²) < 4.78 is 23.7. The molecule has 0 saturated carbocycles. The molecule has 2 aliphatic heterocycles. The average molecular weight is 398 g/mol. The second kappa shape index (κ2) is 8.51. The number of benzene rings is 2. The van der Waals surface area contributed by atoms with Crippen LogP contribution in [0.4, 0.5) is 4.39 Å². The van der Waals surface area contributed by atoms with Gasteiger partial charge in [0.25, 0.3) is 5.91 Å². The van der Waals surface area contributed by atoms with Crippen LogP contribution in [-0.4, -0.2) is 36.6 Å². The highest BCUT2D eigenvalue weighted by molar-refractivity contribution is 5.94. The molecule has 7 heteroatoms. The quantitative estimate of drug-likeness (QED) is 0.840. The third-order valence-corrected chi connectivity index (χ3v) is 5.30. The van der Waals surface area contributed by atoms with E-state index in [-0.39, 0.29) is 30.3 Å². The summed E-state index contributed by atoms with van der Waals surface area (Å²) >= 11 is 0. The number of fused-ring (bicyclic) bond motifs is 1. The third-order valence-electron chi connectivity index (χ3n) is 5.30. The minimum Gasteiger partial charge on any atom is -0.454 e. The molecular formula is C22H23FN2O4. The second-order valence-electron chi connectivity index (χ2n) is 7.43. The Morgan fingerprint density at radius 3 is 2.72 bits per heavy atom. The van der Waals surface area contributed by atoms with E-state index in [1.807, 2.05) is 18.2 Å². The van der Waals surface area contributed by atoms with Gasteiger partial charge in [0.1, 0.15) is 5.82 Å². The van der Waals surface area contributed by atoms with Crippen LogP contribution in [0.25, 0.3) is 0 Å². The molecule has 2 amide bonds. The minimum absolute atomic E-state index is 0.0382. The SMILES string of the molecule is O=C(CC1CCCN(C(=O)c2ccc(F)cc2)C1)NCc1ccc2c(c1)OCO2. The number of nitrogens with zero attached hydrogens (tertiary/aromatic N) is 1. The highest BCUT2D eigenvalue weighted by Gasteiger charge is 2.26. The van der Waals surface area contributed by atoms with Crippen LogP contribution in [0.15, 0.2) is 42.5 Å². The Bertz CT molecular complexity index is 900. The van der Waals surface area contributed by atoms with E-state index in [1.165, 1.54) is 24.3 Å². The van der Waals surface area contributed by atoms with Gasteiger partial charge in [0.05, 0.1) is 0 Å². The van der Waals surface area contributed by atoms with Gasteiger partial charge in [-0.3, -0.25) is 9.59 Å². The largest absolute Gasteiger partial charge is 0.454 e. The average Bonchev–Trinajstić information content (AvgIpc) is 3.20. The highest BCUT2D eigenvalue weighted by atomic mass is 19.1. The van der Waals surface area contributed by atoms with Crippen molar-refractivity contribution in [3.8, 4) is 11.5 Å². The number of piperidine rings is 1. The van der Waals surface area contributed by atoms with E-state index in [1.54, 1.807) is 4.90 Å². The molecule has 2 heterocycles. The van der Waals surface area contributed by atoms with Crippen molar-refractivity contribution < 1.29 is 23.5 Å². The highest BCUT2D eigenvalue weighted by Crippen LogP contribution is 2.32. The lowest BCUT2D eigenvalue weighted by molar-refractivity contribution is -0.122. The predicted molar refractivity (Wildman–Crippen MR) is 104 cm³/mol. The zero-order valence-electron chi connectivity index (χ0n) is 16.0. The van der Waals surface area contributed by atoms with E-state index in [9.17, 15) is 14.0 Å². The summed E-state index contributed by atoms with van der Waals surface area (Å²) in [6.45, 7) is 1.83. The molecule has 2 aromatic rings. The molecule has 2 aliphatic rings. The molecule has 1 saturated heterocycles. The molecule has 0 aromatic heterocycles. The van der Waals surface area contributed by atoms with E-state index in [0.717, 1.165) is 18.4 Å². The maximum Gasteiger partial charge on any atom is 0.253 e. The second-order valence-corrected chi connectivity index (χ2v) is 7.43. The van der Waals surface area contributed by atoms with E-state index < -0.39 is 0 Å². The van der Waals surface area contributed by atoms with Crippen molar-refractivity contribution in [1.82, 2.24) is 10.2 Å². The van der Waals surface area contributed by atoms with Crippen LogP contribution in [0.5, 0.6) is 11.5 Å². The third kappa shape index (κ3) is 4.67. The van der Waals surface area contributed by atoms with Gasteiger partial charge in [0, 0.05) is 31.6 Å². The normalized spacial score (nSPS) is 17.8. The molecule has 29 heavy (non-hydrogen) atoms. The Morgan fingerprint density at radius 2 is 1.90 bits per heavy atom. The maximum atomic E-state index is 13.1. The molecule has 6 nitrogen and oxygen atoms in total. The van der Waals surface area contributed by atoms with Gasteiger partial charge in [0.15, 0.2) is 11.5 Å².